The molecule has 2 atom stereocenters. The summed E-state index contributed by atoms with van der Waals surface area (Å²) in [6.07, 6.45) is 1.68. The molecule has 1 fully saturated rings. The van der Waals surface area contributed by atoms with Gasteiger partial charge in [-0.15, -0.1) is 0 Å². The van der Waals surface area contributed by atoms with Crippen molar-refractivity contribution in [3.8, 4) is 0 Å². The maximum absolute atomic E-state index is 9.33. The first kappa shape index (κ1) is 15.5. The maximum atomic E-state index is 9.33. The minimum Gasteiger partial charge on any atom is -0.394 e. The third-order valence-corrected chi connectivity index (χ3v) is 3.78. The highest BCUT2D eigenvalue weighted by atomic mass is 35.5. The molecule has 20 heavy (non-hydrogen) atoms. The first-order valence-corrected chi connectivity index (χ1v) is 7.47. The molecule has 1 aromatic rings. The molecular weight excluding hydrogens is 278 g/mol. The normalized spacial score (nSPS) is 23.1. The number of aromatic nitrogens is 2. The van der Waals surface area contributed by atoms with Crippen LogP contribution in [0.3, 0.4) is 0 Å². The van der Waals surface area contributed by atoms with Crippen molar-refractivity contribution in [3.05, 3.63) is 16.5 Å². The molecule has 1 aliphatic rings. The lowest BCUT2D eigenvalue weighted by atomic mass is 10.2. The van der Waals surface area contributed by atoms with Crippen LogP contribution in [-0.2, 0) is 11.2 Å². The number of hydrogen-bond acceptors (Lipinski definition) is 5. The molecule has 0 bridgehead atoms. The average molecular weight is 300 g/mol. The van der Waals surface area contributed by atoms with Crippen molar-refractivity contribution in [3.63, 3.8) is 0 Å². The summed E-state index contributed by atoms with van der Waals surface area (Å²) < 4.78 is 5.67. The van der Waals surface area contributed by atoms with Crippen LogP contribution in [0.15, 0.2) is 0 Å². The number of morpholine rings is 1. The highest BCUT2D eigenvalue weighted by Gasteiger charge is 2.27. The number of aliphatic hydroxyl groups excluding tert-OH is 1. The molecule has 0 amide bonds. The van der Waals surface area contributed by atoms with E-state index in [9.17, 15) is 5.11 Å². The van der Waals surface area contributed by atoms with Crippen LogP contribution in [0.5, 0.6) is 0 Å². The summed E-state index contributed by atoms with van der Waals surface area (Å²) in [5.74, 6) is 1.64. The van der Waals surface area contributed by atoms with Gasteiger partial charge < -0.3 is 14.7 Å². The van der Waals surface area contributed by atoms with Crippen LogP contribution in [0.1, 0.15) is 31.7 Å². The molecule has 112 valence electrons. The fourth-order valence-electron chi connectivity index (χ4n) is 2.48. The molecule has 0 aliphatic carbocycles. The van der Waals surface area contributed by atoms with Crippen molar-refractivity contribution in [2.45, 2.75) is 45.8 Å². The SMILES string of the molecule is CCCc1nc(Cl)c(C)c(N2CC(C)OC(CO)C2)n1. The second-order valence-corrected chi connectivity index (χ2v) is 5.64. The Balaban J connectivity index is 2.30. The number of halogens is 1. The summed E-state index contributed by atoms with van der Waals surface area (Å²) in [6, 6.07) is 0. The van der Waals surface area contributed by atoms with Crippen molar-refractivity contribution in [2.75, 3.05) is 24.6 Å². The Morgan fingerprint density at radius 3 is 2.80 bits per heavy atom. The van der Waals surface area contributed by atoms with Crippen LogP contribution >= 0.6 is 11.6 Å². The number of ether oxygens (including phenoxy) is 1. The fourth-order valence-corrected chi connectivity index (χ4v) is 2.66. The van der Waals surface area contributed by atoms with Gasteiger partial charge in [-0.2, -0.15) is 0 Å². The van der Waals surface area contributed by atoms with E-state index >= 15 is 0 Å². The molecule has 0 spiro atoms. The molecule has 0 saturated carbocycles. The number of nitrogens with zero attached hydrogens (tertiary/aromatic N) is 3. The summed E-state index contributed by atoms with van der Waals surface area (Å²) in [4.78, 5) is 11.1. The molecule has 0 radical (unpaired) electrons. The van der Waals surface area contributed by atoms with Crippen molar-refractivity contribution in [2.24, 2.45) is 0 Å². The van der Waals surface area contributed by atoms with Crippen LogP contribution in [0.25, 0.3) is 0 Å². The molecule has 1 N–H and O–H groups in total. The molecule has 1 aromatic heterocycles. The Hall–Kier alpha value is -0.910. The Labute approximate surface area is 124 Å². The third-order valence-electron chi connectivity index (χ3n) is 3.41. The summed E-state index contributed by atoms with van der Waals surface area (Å²) in [5, 5.41) is 9.84. The first-order valence-electron chi connectivity index (χ1n) is 7.09. The largest absolute Gasteiger partial charge is 0.394 e. The Morgan fingerprint density at radius 1 is 1.40 bits per heavy atom. The van der Waals surface area contributed by atoms with Gasteiger partial charge in [0.15, 0.2) is 0 Å². The van der Waals surface area contributed by atoms with Crippen LogP contribution < -0.4 is 4.90 Å². The monoisotopic (exact) mass is 299 g/mol. The molecule has 5 nitrogen and oxygen atoms in total. The fraction of sp³-hybridized carbons (Fsp3) is 0.714. The Kier molecular flexibility index (Phi) is 5.18. The van der Waals surface area contributed by atoms with Crippen molar-refractivity contribution < 1.29 is 9.84 Å². The van der Waals surface area contributed by atoms with E-state index in [1.54, 1.807) is 0 Å². The molecule has 6 heteroatoms. The minimum atomic E-state index is -0.179. The molecule has 0 aromatic carbocycles. The van der Waals surface area contributed by atoms with E-state index in [1.807, 2.05) is 13.8 Å². The Morgan fingerprint density at radius 2 is 2.15 bits per heavy atom. The lowest BCUT2D eigenvalue weighted by Gasteiger charge is -2.37. The molecule has 2 heterocycles. The lowest BCUT2D eigenvalue weighted by Crippen LogP contribution is -2.48. The van der Waals surface area contributed by atoms with E-state index in [0.29, 0.717) is 11.7 Å². The van der Waals surface area contributed by atoms with E-state index in [1.165, 1.54) is 0 Å². The van der Waals surface area contributed by atoms with E-state index in [4.69, 9.17) is 16.3 Å². The zero-order chi connectivity index (χ0) is 14.7. The minimum absolute atomic E-state index is 0.0144. The number of rotatable bonds is 4. The molecule has 1 aliphatic heterocycles. The summed E-state index contributed by atoms with van der Waals surface area (Å²) in [6.45, 7) is 7.41. The number of aliphatic hydroxyl groups is 1. The molecule has 2 unspecified atom stereocenters. The van der Waals surface area contributed by atoms with Crippen molar-refractivity contribution in [1.82, 2.24) is 9.97 Å². The van der Waals surface area contributed by atoms with Gasteiger partial charge in [0, 0.05) is 25.1 Å². The van der Waals surface area contributed by atoms with Gasteiger partial charge in [0.25, 0.3) is 0 Å². The Bertz CT molecular complexity index is 470. The standard InChI is InChI=1S/C14H22ClN3O2/c1-4-5-12-16-13(15)10(3)14(17-12)18-6-9(2)20-11(7-18)8-19/h9,11,19H,4-8H2,1-3H3. The van der Waals surface area contributed by atoms with E-state index < -0.39 is 0 Å². The lowest BCUT2D eigenvalue weighted by molar-refractivity contribution is -0.0423. The highest BCUT2D eigenvalue weighted by Crippen LogP contribution is 2.26. The van der Waals surface area contributed by atoms with E-state index in [-0.39, 0.29) is 18.8 Å². The molecular formula is C14H22ClN3O2. The van der Waals surface area contributed by atoms with Gasteiger partial charge in [-0.3, -0.25) is 0 Å². The smallest absolute Gasteiger partial charge is 0.137 e. The van der Waals surface area contributed by atoms with Crippen LogP contribution in [-0.4, -0.2) is 47.0 Å². The molecule has 1 saturated heterocycles. The van der Waals surface area contributed by atoms with Gasteiger partial charge in [0.2, 0.25) is 0 Å². The van der Waals surface area contributed by atoms with Crippen molar-refractivity contribution in [1.29, 1.82) is 0 Å². The average Bonchev–Trinajstić information content (AvgIpc) is 2.42. The highest BCUT2D eigenvalue weighted by molar-refractivity contribution is 6.30. The number of hydrogen-bond donors (Lipinski definition) is 1. The zero-order valence-corrected chi connectivity index (χ0v) is 13.0. The van der Waals surface area contributed by atoms with Gasteiger partial charge in [-0.1, -0.05) is 18.5 Å². The van der Waals surface area contributed by atoms with Gasteiger partial charge in [-0.05, 0) is 20.3 Å². The summed E-state index contributed by atoms with van der Waals surface area (Å²) in [5.41, 5.74) is 0.886. The van der Waals surface area contributed by atoms with E-state index in [0.717, 1.165) is 36.6 Å². The maximum Gasteiger partial charge on any atom is 0.137 e. The van der Waals surface area contributed by atoms with Gasteiger partial charge in [-0.25, -0.2) is 9.97 Å². The van der Waals surface area contributed by atoms with Crippen LogP contribution in [0.4, 0.5) is 5.82 Å². The predicted molar refractivity (Wildman–Crippen MR) is 79.4 cm³/mol. The predicted octanol–water partition coefficient (Wildman–Crippen LogP) is 1.98. The zero-order valence-electron chi connectivity index (χ0n) is 12.3. The van der Waals surface area contributed by atoms with Crippen LogP contribution in [0.2, 0.25) is 5.15 Å². The summed E-state index contributed by atoms with van der Waals surface area (Å²) in [7, 11) is 0. The quantitative estimate of drug-likeness (QED) is 0.862. The third kappa shape index (κ3) is 3.40. The van der Waals surface area contributed by atoms with Gasteiger partial charge in [0.05, 0.1) is 18.8 Å². The van der Waals surface area contributed by atoms with Gasteiger partial charge >= 0.3 is 0 Å². The first-order chi connectivity index (χ1) is 9.55. The van der Waals surface area contributed by atoms with E-state index in [2.05, 4.69) is 21.8 Å². The van der Waals surface area contributed by atoms with Crippen molar-refractivity contribution >= 4 is 17.4 Å². The molecule has 2 rings (SSSR count). The summed E-state index contributed by atoms with van der Waals surface area (Å²) >= 11 is 6.22. The topological polar surface area (TPSA) is 58.5 Å². The van der Waals surface area contributed by atoms with Gasteiger partial charge in [0.1, 0.15) is 16.8 Å². The second kappa shape index (κ2) is 6.70. The number of anilines is 1. The number of aryl methyl sites for hydroxylation is 1. The second-order valence-electron chi connectivity index (χ2n) is 5.29. The van der Waals surface area contributed by atoms with Crippen LogP contribution in [0, 0.1) is 6.92 Å².